The molecule has 0 atom stereocenters. The molecule has 0 bridgehead atoms. The van der Waals surface area contributed by atoms with Crippen LogP contribution in [0.5, 0.6) is 5.88 Å². The van der Waals surface area contributed by atoms with Gasteiger partial charge in [0.05, 0.1) is 5.39 Å². The number of fused-ring (bicyclic) bond motifs is 1. The van der Waals surface area contributed by atoms with E-state index < -0.39 is 6.16 Å². The molecule has 0 N–H and O–H groups in total. The summed E-state index contributed by atoms with van der Waals surface area (Å²) in [5.74, 6) is 0.938. The lowest BCUT2D eigenvalue weighted by Gasteiger charge is -2.27. The first-order valence-corrected chi connectivity index (χ1v) is 7.35. The Kier molecular flexibility index (Phi) is 3.79. The van der Waals surface area contributed by atoms with E-state index in [-0.39, 0.29) is 5.88 Å². The first kappa shape index (κ1) is 13.3. The lowest BCUT2D eigenvalue weighted by atomic mass is 10.0. The largest absolute Gasteiger partial charge is 0.534 e. The first-order chi connectivity index (χ1) is 9.72. The highest BCUT2D eigenvalue weighted by atomic mass is 32.1. The van der Waals surface area contributed by atoms with Gasteiger partial charge in [-0.2, -0.15) is 4.37 Å². The Morgan fingerprint density at radius 2 is 2.25 bits per heavy atom. The summed E-state index contributed by atoms with van der Waals surface area (Å²) in [6.07, 6.45) is 2.99. The van der Waals surface area contributed by atoms with Gasteiger partial charge < -0.3 is 9.57 Å². The van der Waals surface area contributed by atoms with Gasteiger partial charge in [0.1, 0.15) is 4.83 Å². The van der Waals surface area contributed by atoms with Crippen molar-refractivity contribution in [1.82, 2.24) is 14.4 Å². The van der Waals surface area contributed by atoms with Crippen molar-refractivity contribution in [2.75, 3.05) is 13.1 Å². The Hall–Kier alpha value is -1.73. The van der Waals surface area contributed by atoms with Crippen LogP contribution in [0.4, 0.5) is 4.79 Å². The standard InChI is InChI=1S/C13H15N3O3S/c1-9-4-7-16(8-5-9)19-13(17)18-11-10-3-2-6-14-12(10)20-15-11/h2-3,6,9H,4-5,7-8H2,1H3. The van der Waals surface area contributed by atoms with Crippen LogP contribution in [0.15, 0.2) is 18.3 Å². The van der Waals surface area contributed by atoms with Crippen molar-refractivity contribution >= 4 is 27.9 Å². The van der Waals surface area contributed by atoms with Crippen molar-refractivity contribution in [2.24, 2.45) is 5.92 Å². The van der Waals surface area contributed by atoms with Crippen molar-refractivity contribution in [3.8, 4) is 5.88 Å². The third-order valence-electron chi connectivity index (χ3n) is 3.34. The average molecular weight is 293 g/mol. The summed E-state index contributed by atoms with van der Waals surface area (Å²) < 4.78 is 9.23. The predicted molar refractivity (Wildman–Crippen MR) is 74.5 cm³/mol. The molecule has 0 aromatic carbocycles. The molecule has 6 nitrogen and oxygen atoms in total. The molecule has 3 rings (SSSR count). The third kappa shape index (κ3) is 2.88. The van der Waals surface area contributed by atoms with E-state index in [1.165, 1.54) is 11.5 Å². The molecule has 106 valence electrons. The van der Waals surface area contributed by atoms with Crippen molar-refractivity contribution in [3.05, 3.63) is 18.3 Å². The van der Waals surface area contributed by atoms with Crippen LogP contribution >= 0.6 is 11.5 Å². The van der Waals surface area contributed by atoms with Crippen molar-refractivity contribution in [1.29, 1.82) is 0 Å². The molecule has 0 aliphatic carbocycles. The Labute approximate surface area is 120 Å². The Morgan fingerprint density at radius 3 is 3.05 bits per heavy atom. The van der Waals surface area contributed by atoms with Crippen LogP contribution in [0.25, 0.3) is 10.2 Å². The van der Waals surface area contributed by atoms with E-state index in [0.717, 1.165) is 36.1 Å². The van der Waals surface area contributed by atoms with Gasteiger partial charge in [-0.25, -0.2) is 9.78 Å². The number of nitrogens with zero attached hydrogens (tertiary/aromatic N) is 3. The molecule has 1 aliphatic heterocycles. The van der Waals surface area contributed by atoms with E-state index in [1.807, 2.05) is 6.07 Å². The molecule has 0 radical (unpaired) electrons. The zero-order chi connectivity index (χ0) is 13.9. The smallest absolute Gasteiger partial charge is 0.373 e. The minimum absolute atomic E-state index is 0.258. The minimum atomic E-state index is -0.740. The van der Waals surface area contributed by atoms with Crippen molar-refractivity contribution < 1.29 is 14.4 Å². The highest BCUT2D eigenvalue weighted by Gasteiger charge is 2.21. The second-order valence-electron chi connectivity index (χ2n) is 4.90. The lowest BCUT2D eigenvalue weighted by molar-refractivity contribution is -0.131. The van der Waals surface area contributed by atoms with E-state index >= 15 is 0 Å². The quantitative estimate of drug-likeness (QED) is 0.793. The summed E-state index contributed by atoms with van der Waals surface area (Å²) in [4.78, 5) is 21.8. The molecule has 20 heavy (non-hydrogen) atoms. The zero-order valence-corrected chi connectivity index (χ0v) is 11.9. The summed E-state index contributed by atoms with van der Waals surface area (Å²) in [5, 5.41) is 2.37. The van der Waals surface area contributed by atoms with Crippen LogP contribution in [-0.2, 0) is 4.84 Å². The summed E-state index contributed by atoms with van der Waals surface area (Å²) in [5.41, 5.74) is 0. The van der Waals surface area contributed by atoms with Crippen LogP contribution in [0.3, 0.4) is 0 Å². The number of hydrogen-bond acceptors (Lipinski definition) is 7. The number of hydrogen-bond donors (Lipinski definition) is 0. The predicted octanol–water partition coefficient (Wildman–Crippen LogP) is 2.85. The number of carbonyl (C=O) groups is 1. The van der Waals surface area contributed by atoms with Gasteiger partial charge in [0.25, 0.3) is 0 Å². The number of ether oxygens (including phenoxy) is 1. The highest BCUT2D eigenvalue weighted by Crippen LogP contribution is 2.26. The molecule has 3 heterocycles. The SMILES string of the molecule is CC1CCN(OC(=O)Oc2nsc3ncccc23)CC1. The summed E-state index contributed by atoms with van der Waals surface area (Å²) in [7, 11) is 0. The summed E-state index contributed by atoms with van der Waals surface area (Å²) in [6, 6.07) is 3.60. The maximum atomic E-state index is 11.8. The normalized spacial score (nSPS) is 17.2. The molecule has 1 fully saturated rings. The highest BCUT2D eigenvalue weighted by molar-refractivity contribution is 7.13. The second kappa shape index (κ2) is 5.72. The molecule has 0 amide bonds. The molecular weight excluding hydrogens is 278 g/mol. The summed E-state index contributed by atoms with van der Waals surface area (Å²) in [6.45, 7) is 3.69. The van der Waals surface area contributed by atoms with E-state index in [2.05, 4.69) is 16.3 Å². The van der Waals surface area contributed by atoms with Crippen LogP contribution in [0, 0.1) is 5.92 Å². The molecule has 2 aromatic rings. The average Bonchev–Trinajstić information content (AvgIpc) is 2.85. The van der Waals surface area contributed by atoms with E-state index in [0.29, 0.717) is 5.92 Å². The number of aromatic nitrogens is 2. The van der Waals surface area contributed by atoms with E-state index in [9.17, 15) is 4.79 Å². The number of carbonyl (C=O) groups excluding carboxylic acids is 1. The van der Waals surface area contributed by atoms with Crippen molar-refractivity contribution in [2.45, 2.75) is 19.8 Å². The van der Waals surface area contributed by atoms with Gasteiger partial charge in [0.15, 0.2) is 0 Å². The van der Waals surface area contributed by atoms with Crippen LogP contribution in [0.1, 0.15) is 19.8 Å². The molecule has 0 saturated carbocycles. The maximum Gasteiger partial charge on any atom is 0.534 e. The first-order valence-electron chi connectivity index (χ1n) is 6.57. The molecule has 7 heteroatoms. The molecule has 1 aliphatic rings. The fourth-order valence-electron chi connectivity index (χ4n) is 2.11. The van der Waals surface area contributed by atoms with Crippen LogP contribution in [-0.4, -0.2) is 33.7 Å². The molecule has 0 unspecified atom stereocenters. The fourth-order valence-corrected chi connectivity index (χ4v) is 2.78. The number of piperidine rings is 1. The van der Waals surface area contributed by atoms with Gasteiger partial charge in [-0.1, -0.05) is 6.92 Å². The van der Waals surface area contributed by atoms with Gasteiger partial charge in [-0.3, -0.25) is 0 Å². The molecule has 1 saturated heterocycles. The van der Waals surface area contributed by atoms with Gasteiger partial charge in [-0.05, 0) is 42.4 Å². The lowest BCUT2D eigenvalue weighted by Crippen LogP contribution is -2.35. The van der Waals surface area contributed by atoms with Crippen LogP contribution < -0.4 is 4.74 Å². The Bertz CT molecular complexity index is 608. The van der Waals surface area contributed by atoms with Gasteiger partial charge >= 0.3 is 6.16 Å². The number of hydroxylamine groups is 2. The molecule has 2 aromatic heterocycles. The van der Waals surface area contributed by atoms with Gasteiger partial charge in [-0.15, -0.1) is 5.06 Å². The van der Waals surface area contributed by atoms with E-state index in [4.69, 9.17) is 9.57 Å². The van der Waals surface area contributed by atoms with Gasteiger partial charge in [0.2, 0.25) is 5.88 Å². The topological polar surface area (TPSA) is 64.5 Å². The van der Waals surface area contributed by atoms with Gasteiger partial charge in [0, 0.05) is 19.3 Å². The summed E-state index contributed by atoms with van der Waals surface area (Å²) >= 11 is 1.19. The zero-order valence-electron chi connectivity index (χ0n) is 11.1. The Balaban J connectivity index is 1.61. The van der Waals surface area contributed by atoms with E-state index in [1.54, 1.807) is 17.3 Å². The minimum Gasteiger partial charge on any atom is -0.373 e. The number of rotatable bonds is 2. The third-order valence-corrected chi connectivity index (χ3v) is 4.10. The fraction of sp³-hybridized carbons (Fsp3) is 0.462. The van der Waals surface area contributed by atoms with Crippen molar-refractivity contribution in [3.63, 3.8) is 0 Å². The maximum absolute atomic E-state index is 11.8. The number of pyridine rings is 1. The molecule has 0 spiro atoms. The second-order valence-corrected chi connectivity index (χ2v) is 5.65. The van der Waals surface area contributed by atoms with Crippen LogP contribution in [0.2, 0.25) is 0 Å². The monoisotopic (exact) mass is 293 g/mol. The molecular formula is C13H15N3O3S. The Morgan fingerprint density at radius 1 is 1.45 bits per heavy atom.